The number of rotatable bonds is 3. The Labute approximate surface area is 214 Å². The van der Waals surface area contributed by atoms with Crippen molar-refractivity contribution in [1.82, 2.24) is 0 Å². The summed E-state index contributed by atoms with van der Waals surface area (Å²) in [6, 6.07) is 0. The lowest BCUT2D eigenvalue weighted by Gasteiger charge is -2.68. The molecule has 0 aromatic heterocycles. The van der Waals surface area contributed by atoms with Gasteiger partial charge in [-0.25, -0.2) is 0 Å². The van der Waals surface area contributed by atoms with Crippen LogP contribution in [-0.2, 0) is 9.59 Å². The van der Waals surface area contributed by atoms with Crippen molar-refractivity contribution in [3.8, 4) is 0 Å². The van der Waals surface area contributed by atoms with Gasteiger partial charge in [0.25, 0.3) is 0 Å². The second-order valence-electron chi connectivity index (χ2n) is 15.3. The number of aliphatic hydroxyl groups is 1. The van der Waals surface area contributed by atoms with E-state index in [9.17, 15) is 14.7 Å². The van der Waals surface area contributed by atoms with Gasteiger partial charge in [-0.3, -0.25) is 9.59 Å². The van der Waals surface area contributed by atoms with Crippen LogP contribution in [0.5, 0.6) is 0 Å². The second kappa shape index (κ2) is 8.40. The first-order valence-electron chi connectivity index (χ1n) is 15.1. The molecule has 0 amide bonds. The molecule has 0 radical (unpaired) electrons. The Kier molecular flexibility index (Phi) is 6.23. The monoisotopic (exact) mass is 484 g/mol. The Morgan fingerprint density at radius 3 is 2.26 bits per heavy atom. The van der Waals surface area contributed by atoms with Crippen LogP contribution in [0.4, 0.5) is 0 Å². The van der Waals surface area contributed by atoms with Crippen LogP contribution in [0.1, 0.15) is 119 Å². The van der Waals surface area contributed by atoms with E-state index in [0.29, 0.717) is 41.7 Å². The molecule has 198 valence electrons. The predicted molar refractivity (Wildman–Crippen MR) is 141 cm³/mol. The summed E-state index contributed by atoms with van der Waals surface area (Å²) in [5.74, 6) is 3.07. The molecule has 5 aliphatic rings. The molecule has 1 N–H and O–H groups in total. The summed E-state index contributed by atoms with van der Waals surface area (Å²) in [5, 5.41) is 10.7. The zero-order valence-corrected chi connectivity index (χ0v) is 23.7. The van der Waals surface area contributed by atoms with Crippen molar-refractivity contribution < 1.29 is 14.7 Å². The average Bonchev–Trinajstić information content (AvgIpc) is 2.81. The number of hydrogen-bond donors (Lipinski definition) is 1. The van der Waals surface area contributed by atoms with Crippen LogP contribution in [-0.4, -0.2) is 22.8 Å². The van der Waals surface area contributed by atoms with Crippen LogP contribution in [0.3, 0.4) is 0 Å². The second-order valence-corrected chi connectivity index (χ2v) is 15.3. The van der Waals surface area contributed by atoms with Crippen molar-refractivity contribution in [3.63, 3.8) is 0 Å². The molecule has 3 heteroatoms. The third-order valence-corrected chi connectivity index (χ3v) is 13.3. The lowest BCUT2D eigenvalue weighted by Crippen LogP contribution is -2.65. The molecule has 5 saturated carbocycles. The summed E-state index contributed by atoms with van der Waals surface area (Å²) in [5.41, 5.74) is 0.274. The molecule has 0 aromatic carbocycles. The molecule has 0 spiro atoms. The van der Waals surface area contributed by atoms with E-state index in [1.807, 2.05) is 0 Å². The van der Waals surface area contributed by atoms with Gasteiger partial charge in [-0.1, -0.05) is 48.5 Å². The lowest BCUT2D eigenvalue weighted by atomic mass is 9.35. The fourth-order valence-electron chi connectivity index (χ4n) is 11.0. The van der Waals surface area contributed by atoms with E-state index in [4.69, 9.17) is 0 Å². The standard InChI is InChI=1S/C32H52O3/c1-8-19(2)28(35)32-14-10-22-27(23(32)18-29(4,5)15-16-32)25(34)17-26-30(6)13-11-24(33)20(3)21(30)9-12-31(22,26)7/h19-24,26-27,33H,8-18H2,1-7H3. The Morgan fingerprint density at radius 1 is 0.943 bits per heavy atom. The SMILES string of the molecule is CCC(C)C(=O)C12CCC3C(C(=O)CC4C5(C)CCC(O)C(C)C5CCC34C)C1CC(C)(C)CC2. The molecule has 5 fully saturated rings. The van der Waals surface area contributed by atoms with Gasteiger partial charge in [0.2, 0.25) is 0 Å². The molecule has 35 heavy (non-hydrogen) atoms. The summed E-state index contributed by atoms with van der Waals surface area (Å²) in [4.78, 5) is 28.3. The molecule has 5 aliphatic carbocycles. The fraction of sp³-hybridized carbons (Fsp3) is 0.938. The van der Waals surface area contributed by atoms with Crippen molar-refractivity contribution in [2.75, 3.05) is 0 Å². The number of Topliss-reactive ketones (excluding diaryl/α,β-unsaturated/α-hetero) is 2. The Hall–Kier alpha value is -0.700. The molecule has 0 aromatic rings. The van der Waals surface area contributed by atoms with Gasteiger partial charge in [-0.15, -0.1) is 0 Å². The number of aliphatic hydroxyl groups excluding tert-OH is 1. The molecule has 11 unspecified atom stereocenters. The molecular formula is C32H52O3. The lowest BCUT2D eigenvalue weighted by molar-refractivity contribution is -0.205. The molecule has 0 saturated heterocycles. The van der Waals surface area contributed by atoms with Crippen molar-refractivity contribution in [2.24, 2.45) is 63.1 Å². The van der Waals surface area contributed by atoms with Crippen LogP contribution in [0, 0.1) is 63.1 Å². The molecular weight excluding hydrogens is 432 g/mol. The Balaban J connectivity index is 1.53. The highest BCUT2D eigenvalue weighted by Crippen LogP contribution is 2.71. The quantitative estimate of drug-likeness (QED) is 0.459. The number of carbonyl (C=O) groups excluding carboxylic acids is 2. The summed E-state index contributed by atoms with van der Waals surface area (Å²) >= 11 is 0. The first kappa shape index (κ1) is 25.9. The summed E-state index contributed by atoms with van der Waals surface area (Å²) < 4.78 is 0. The third kappa shape index (κ3) is 3.59. The molecule has 0 bridgehead atoms. The van der Waals surface area contributed by atoms with E-state index in [1.54, 1.807) is 0 Å². The van der Waals surface area contributed by atoms with Gasteiger partial charge in [0, 0.05) is 23.7 Å². The summed E-state index contributed by atoms with van der Waals surface area (Å²) in [6.07, 6.45) is 10.9. The van der Waals surface area contributed by atoms with Gasteiger partial charge in [0.1, 0.15) is 11.6 Å². The van der Waals surface area contributed by atoms with Gasteiger partial charge in [0.15, 0.2) is 0 Å². The summed E-state index contributed by atoms with van der Waals surface area (Å²) in [7, 11) is 0. The van der Waals surface area contributed by atoms with E-state index >= 15 is 0 Å². The first-order chi connectivity index (χ1) is 16.3. The van der Waals surface area contributed by atoms with Gasteiger partial charge in [0.05, 0.1) is 6.10 Å². The highest BCUT2D eigenvalue weighted by atomic mass is 16.3. The van der Waals surface area contributed by atoms with E-state index in [-0.39, 0.29) is 45.5 Å². The highest BCUT2D eigenvalue weighted by Gasteiger charge is 2.68. The number of ketones is 2. The normalized spacial score (nSPS) is 51.9. The van der Waals surface area contributed by atoms with Crippen LogP contribution in [0.15, 0.2) is 0 Å². The van der Waals surface area contributed by atoms with Crippen LogP contribution < -0.4 is 0 Å². The summed E-state index contributed by atoms with van der Waals surface area (Å²) in [6.45, 7) is 16.3. The Bertz CT molecular complexity index is 876. The average molecular weight is 485 g/mol. The molecule has 3 nitrogen and oxygen atoms in total. The fourth-order valence-corrected chi connectivity index (χ4v) is 11.0. The van der Waals surface area contributed by atoms with E-state index in [1.165, 1.54) is 12.8 Å². The minimum atomic E-state index is -0.268. The maximum atomic E-state index is 14.3. The highest BCUT2D eigenvalue weighted by molar-refractivity contribution is 5.90. The minimum Gasteiger partial charge on any atom is -0.393 e. The smallest absolute Gasteiger partial charge is 0.142 e. The maximum Gasteiger partial charge on any atom is 0.142 e. The van der Waals surface area contributed by atoms with Gasteiger partial charge in [-0.05, 0) is 110 Å². The van der Waals surface area contributed by atoms with Crippen LogP contribution in [0.2, 0.25) is 0 Å². The number of hydrogen-bond acceptors (Lipinski definition) is 3. The van der Waals surface area contributed by atoms with E-state index in [0.717, 1.165) is 51.4 Å². The molecule has 0 heterocycles. The van der Waals surface area contributed by atoms with Gasteiger partial charge >= 0.3 is 0 Å². The van der Waals surface area contributed by atoms with Crippen molar-refractivity contribution in [2.45, 2.75) is 125 Å². The van der Waals surface area contributed by atoms with E-state index < -0.39 is 0 Å². The van der Waals surface area contributed by atoms with Crippen LogP contribution in [0.25, 0.3) is 0 Å². The number of carbonyl (C=O) groups is 2. The topological polar surface area (TPSA) is 54.4 Å². The first-order valence-corrected chi connectivity index (χ1v) is 15.1. The van der Waals surface area contributed by atoms with E-state index in [2.05, 4.69) is 48.5 Å². The van der Waals surface area contributed by atoms with Crippen LogP contribution >= 0.6 is 0 Å². The van der Waals surface area contributed by atoms with Gasteiger partial charge < -0.3 is 5.11 Å². The van der Waals surface area contributed by atoms with Crippen molar-refractivity contribution in [1.29, 1.82) is 0 Å². The third-order valence-electron chi connectivity index (χ3n) is 13.3. The Morgan fingerprint density at radius 2 is 1.57 bits per heavy atom. The molecule has 0 aliphatic heterocycles. The zero-order valence-electron chi connectivity index (χ0n) is 23.7. The largest absolute Gasteiger partial charge is 0.393 e. The predicted octanol–water partition coefficient (Wildman–Crippen LogP) is 7.24. The molecule has 5 rings (SSSR count). The number of fused-ring (bicyclic) bond motifs is 7. The van der Waals surface area contributed by atoms with Crippen molar-refractivity contribution >= 4 is 11.6 Å². The van der Waals surface area contributed by atoms with Crippen molar-refractivity contribution in [3.05, 3.63) is 0 Å². The molecule has 11 atom stereocenters. The van der Waals surface area contributed by atoms with Gasteiger partial charge in [-0.2, -0.15) is 0 Å². The minimum absolute atomic E-state index is 0.0735. The maximum absolute atomic E-state index is 14.3. The zero-order chi connectivity index (χ0) is 25.6.